The lowest BCUT2D eigenvalue weighted by Gasteiger charge is -2.25. The van der Waals surface area contributed by atoms with Crippen LogP contribution in [0.5, 0.6) is 0 Å². The summed E-state index contributed by atoms with van der Waals surface area (Å²) in [6, 6.07) is 9.70. The van der Waals surface area contributed by atoms with E-state index >= 15 is 0 Å². The van der Waals surface area contributed by atoms with Gasteiger partial charge in [-0.05, 0) is 42.7 Å². The number of carbonyl (C=O) groups is 1. The van der Waals surface area contributed by atoms with Crippen LogP contribution in [0.3, 0.4) is 0 Å². The van der Waals surface area contributed by atoms with Gasteiger partial charge in [0.05, 0.1) is 24.4 Å². The molecule has 0 bridgehead atoms. The molecule has 23 heavy (non-hydrogen) atoms. The first kappa shape index (κ1) is 15.9. The largest absolute Gasteiger partial charge is 0.465 e. The third-order valence-corrected chi connectivity index (χ3v) is 4.93. The van der Waals surface area contributed by atoms with Crippen molar-refractivity contribution in [2.24, 2.45) is 0 Å². The van der Waals surface area contributed by atoms with E-state index in [9.17, 15) is 4.79 Å². The second-order valence-electron chi connectivity index (χ2n) is 5.07. The van der Waals surface area contributed by atoms with Crippen LogP contribution in [0.1, 0.15) is 29.6 Å². The standard InChI is InChI=1S/C16H17N3O2S2/c1-2-21-13(20)10-19-15(12-7-5-9-23-12)14(18-16(19)22)11-6-3-4-8-17-11/h3-9,14-15H,2,10H2,1H3,(H,18,22). The van der Waals surface area contributed by atoms with Crippen LogP contribution in [-0.4, -0.2) is 34.1 Å². The van der Waals surface area contributed by atoms with Crippen LogP contribution in [-0.2, 0) is 9.53 Å². The number of rotatable bonds is 5. The highest BCUT2D eigenvalue weighted by Crippen LogP contribution is 2.40. The lowest BCUT2D eigenvalue weighted by Crippen LogP contribution is -2.35. The second kappa shape index (κ2) is 7.06. The molecule has 1 aliphatic heterocycles. The molecule has 0 aromatic carbocycles. The van der Waals surface area contributed by atoms with E-state index in [0.717, 1.165) is 10.6 Å². The summed E-state index contributed by atoms with van der Waals surface area (Å²) in [6.45, 7) is 2.29. The number of aromatic nitrogens is 1. The summed E-state index contributed by atoms with van der Waals surface area (Å²) in [5.41, 5.74) is 0.902. The van der Waals surface area contributed by atoms with E-state index in [1.54, 1.807) is 24.5 Å². The van der Waals surface area contributed by atoms with E-state index in [1.165, 1.54) is 0 Å². The number of hydrogen-bond acceptors (Lipinski definition) is 5. The van der Waals surface area contributed by atoms with Crippen LogP contribution in [0.15, 0.2) is 41.9 Å². The molecule has 0 saturated carbocycles. The van der Waals surface area contributed by atoms with Crippen molar-refractivity contribution >= 4 is 34.6 Å². The van der Waals surface area contributed by atoms with Crippen LogP contribution in [0.25, 0.3) is 0 Å². The molecule has 1 N–H and O–H groups in total. The summed E-state index contributed by atoms with van der Waals surface area (Å²) in [5.74, 6) is -0.278. The van der Waals surface area contributed by atoms with Crippen molar-refractivity contribution in [1.29, 1.82) is 0 Å². The van der Waals surface area contributed by atoms with Gasteiger partial charge in [-0.1, -0.05) is 12.1 Å². The average molecular weight is 347 g/mol. The van der Waals surface area contributed by atoms with Crippen molar-refractivity contribution in [3.05, 3.63) is 52.5 Å². The van der Waals surface area contributed by atoms with E-state index in [1.807, 2.05) is 34.5 Å². The quantitative estimate of drug-likeness (QED) is 0.663. The first-order chi connectivity index (χ1) is 11.2. The van der Waals surface area contributed by atoms with Crippen molar-refractivity contribution in [2.75, 3.05) is 13.2 Å². The van der Waals surface area contributed by atoms with E-state index < -0.39 is 0 Å². The van der Waals surface area contributed by atoms with Gasteiger partial charge in [0.1, 0.15) is 6.54 Å². The molecule has 1 fully saturated rings. The minimum Gasteiger partial charge on any atom is -0.465 e. The van der Waals surface area contributed by atoms with Crippen molar-refractivity contribution in [2.45, 2.75) is 19.0 Å². The Labute approximate surface area is 144 Å². The van der Waals surface area contributed by atoms with E-state index in [4.69, 9.17) is 17.0 Å². The summed E-state index contributed by atoms with van der Waals surface area (Å²) < 4.78 is 5.08. The number of thiocarbonyl (C=S) groups is 1. The smallest absolute Gasteiger partial charge is 0.325 e. The van der Waals surface area contributed by atoms with E-state index in [2.05, 4.69) is 16.4 Å². The maximum Gasteiger partial charge on any atom is 0.325 e. The zero-order valence-electron chi connectivity index (χ0n) is 12.6. The summed E-state index contributed by atoms with van der Waals surface area (Å²) in [5, 5.41) is 5.87. The zero-order chi connectivity index (χ0) is 16.2. The van der Waals surface area contributed by atoms with Crippen molar-refractivity contribution in [1.82, 2.24) is 15.2 Å². The van der Waals surface area contributed by atoms with Gasteiger partial charge >= 0.3 is 5.97 Å². The molecular weight excluding hydrogens is 330 g/mol. The number of esters is 1. The molecule has 3 heterocycles. The number of nitrogens with one attached hydrogen (secondary N) is 1. The Morgan fingerprint density at radius 3 is 2.96 bits per heavy atom. The number of nitrogens with zero attached hydrogens (tertiary/aromatic N) is 2. The molecule has 0 amide bonds. The molecule has 0 aliphatic carbocycles. The minimum atomic E-state index is -0.278. The van der Waals surface area contributed by atoms with Crippen molar-refractivity contribution in [3.8, 4) is 0 Å². The van der Waals surface area contributed by atoms with Crippen LogP contribution >= 0.6 is 23.6 Å². The van der Waals surface area contributed by atoms with Gasteiger partial charge in [-0.15, -0.1) is 11.3 Å². The minimum absolute atomic E-state index is 0.0678. The normalized spacial score (nSPS) is 20.4. The fourth-order valence-electron chi connectivity index (χ4n) is 2.69. The van der Waals surface area contributed by atoms with Crippen LogP contribution in [0, 0.1) is 0 Å². The zero-order valence-corrected chi connectivity index (χ0v) is 14.3. The number of thiophene rings is 1. The van der Waals surface area contributed by atoms with Gasteiger partial charge in [-0.3, -0.25) is 9.78 Å². The molecule has 5 nitrogen and oxygen atoms in total. The third-order valence-electron chi connectivity index (χ3n) is 3.64. The Balaban J connectivity index is 1.92. The van der Waals surface area contributed by atoms with Crippen LogP contribution in [0.4, 0.5) is 0 Å². The maximum atomic E-state index is 11.9. The van der Waals surface area contributed by atoms with Gasteiger partial charge in [-0.25, -0.2) is 0 Å². The van der Waals surface area contributed by atoms with Gasteiger partial charge in [0.2, 0.25) is 0 Å². The Kier molecular flexibility index (Phi) is 4.88. The first-order valence-electron chi connectivity index (χ1n) is 7.37. The summed E-state index contributed by atoms with van der Waals surface area (Å²) in [6.07, 6.45) is 1.76. The van der Waals surface area contributed by atoms with Gasteiger partial charge in [0.25, 0.3) is 0 Å². The summed E-state index contributed by atoms with van der Waals surface area (Å²) >= 11 is 7.10. The lowest BCUT2D eigenvalue weighted by molar-refractivity contribution is -0.143. The molecule has 120 valence electrons. The molecule has 2 atom stereocenters. The Morgan fingerprint density at radius 2 is 2.30 bits per heavy atom. The molecule has 0 radical (unpaired) electrons. The maximum absolute atomic E-state index is 11.9. The molecular formula is C16H17N3O2S2. The van der Waals surface area contributed by atoms with E-state index in [-0.39, 0.29) is 24.6 Å². The highest BCUT2D eigenvalue weighted by atomic mass is 32.1. The predicted molar refractivity (Wildman–Crippen MR) is 93.1 cm³/mol. The van der Waals surface area contributed by atoms with Crippen LogP contribution < -0.4 is 5.32 Å². The Bertz CT molecular complexity index is 676. The SMILES string of the molecule is CCOC(=O)CN1C(=S)NC(c2ccccn2)C1c1cccs1. The van der Waals surface area contributed by atoms with Crippen LogP contribution in [0.2, 0.25) is 0 Å². The molecule has 7 heteroatoms. The average Bonchev–Trinajstić information content (AvgIpc) is 3.17. The molecule has 2 aromatic rings. The predicted octanol–water partition coefficient (Wildman–Crippen LogP) is 2.68. The number of pyridine rings is 1. The number of carbonyl (C=O) groups excluding carboxylic acids is 1. The molecule has 1 aliphatic rings. The molecule has 1 saturated heterocycles. The first-order valence-corrected chi connectivity index (χ1v) is 8.66. The van der Waals surface area contributed by atoms with Crippen molar-refractivity contribution in [3.63, 3.8) is 0 Å². The Morgan fingerprint density at radius 1 is 1.43 bits per heavy atom. The van der Waals surface area contributed by atoms with Gasteiger partial charge in [0, 0.05) is 11.1 Å². The van der Waals surface area contributed by atoms with Gasteiger partial charge in [0.15, 0.2) is 5.11 Å². The van der Waals surface area contributed by atoms with Gasteiger partial charge < -0.3 is 15.0 Å². The third kappa shape index (κ3) is 3.35. The second-order valence-corrected chi connectivity index (χ2v) is 6.44. The molecule has 3 rings (SSSR count). The topological polar surface area (TPSA) is 54.5 Å². The molecule has 0 spiro atoms. The molecule has 2 unspecified atom stereocenters. The molecule has 2 aromatic heterocycles. The fraction of sp³-hybridized carbons (Fsp3) is 0.312. The number of hydrogen-bond donors (Lipinski definition) is 1. The monoisotopic (exact) mass is 347 g/mol. The highest BCUT2D eigenvalue weighted by molar-refractivity contribution is 7.80. The lowest BCUT2D eigenvalue weighted by atomic mass is 10.0. The Hall–Kier alpha value is -1.99. The van der Waals surface area contributed by atoms with Gasteiger partial charge in [-0.2, -0.15) is 0 Å². The number of ether oxygens (including phenoxy) is 1. The van der Waals surface area contributed by atoms with Crippen molar-refractivity contribution < 1.29 is 9.53 Å². The van der Waals surface area contributed by atoms with E-state index in [0.29, 0.717) is 11.7 Å². The fourth-order valence-corrected chi connectivity index (χ4v) is 3.87. The summed E-state index contributed by atoms with van der Waals surface area (Å²) in [4.78, 5) is 19.4. The highest BCUT2D eigenvalue weighted by Gasteiger charge is 2.41. The summed E-state index contributed by atoms with van der Waals surface area (Å²) in [7, 11) is 0.